The van der Waals surface area contributed by atoms with Crippen LogP contribution in [-0.2, 0) is 19.1 Å². The maximum absolute atomic E-state index is 12.5. The Labute approximate surface area is 135 Å². The second-order valence-electron chi connectivity index (χ2n) is 5.44. The Bertz CT molecular complexity index is 538. The number of carbonyl (C=O) groups excluding carboxylic acids is 2. The lowest BCUT2D eigenvalue weighted by Gasteiger charge is -2.34. The molecule has 0 aliphatic carbocycles. The number of carbonyl (C=O) groups is 2. The van der Waals surface area contributed by atoms with E-state index >= 15 is 0 Å². The molecule has 0 radical (unpaired) electrons. The van der Waals surface area contributed by atoms with E-state index in [0.717, 1.165) is 0 Å². The number of nitrogens with one attached hydrogen (secondary N) is 1. The van der Waals surface area contributed by atoms with Crippen LogP contribution in [0.15, 0.2) is 24.3 Å². The first-order valence-corrected chi connectivity index (χ1v) is 7.48. The van der Waals surface area contributed by atoms with E-state index in [1.54, 1.807) is 24.3 Å². The van der Waals surface area contributed by atoms with Crippen LogP contribution in [0.4, 0.5) is 5.69 Å². The first kappa shape index (κ1) is 17.2. The molecule has 0 aromatic heterocycles. The maximum atomic E-state index is 12.5. The van der Waals surface area contributed by atoms with Gasteiger partial charge < -0.3 is 25.3 Å². The van der Waals surface area contributed by atoms with Gasteiger partial charge in [0.15, 0.2) is 6.61 Å². The third-order valence-corrected chi connectivity index (χ3v) is 4.02. The monoisotopic (exact) mass is 322 g/mol. The molecule has 1 saturated heterocycles. The molecule has 0 unspecified atom stereocenters. The number of amides is 1. The lowest BCUT2D eigenvalue weighted by Crippen LogP contribution is -2.46. The Kier molecular flexibility index (Phi) is 5.95. The van der Waals surface area contributed by atoms with E-state index in [0.29, 0.717) is 44.0 Å². The minimum atomic E-state index is -0.571. The van der Waals surface area contributed by atoms with E-state index < -0.39 is 11.4 Å². The highest BCUT2D eigenvalue weighted by atomic mass is 16.6. The van der Waals surface area contributed by atoms with Gasteiger partial charge in [0.2, 0.25) is 5.91 Å². The minimum Gasteiger partial charge on any atom is -0.482 e. The van der Waals surface area contributed by atoms with Crippen molar-refractivity contribution in [1.29, 1.82) is 0 Å². The SMILES string of the molecule is COC(=O)COc1ccc(NC(=O)C2(CN)CCOCC2)cc1. The van der Waals surface area contributed by atoms with Crippen LogP contribution in [0.5, 0.6) is 5.75 Å². The molecule has 1 amide bonds. The van der Waals surface area contributed by atoms with Gasteiger partial charge >= 0.3 is 5.97 Å². The molecule has 1 fully saturated rings. The molecule has 0 atom stereocenters. The van der Waals surface area contributed by atoms with Crippen LogP contribution in [-0.4, -0.2) is 45.4 Å². The minimum absolute atomic E-state index is 0.0912. The van der Waals surface area contributed by atoms with Gasteiger partial charge in [0, 0.05) is 25.4 Å². The molecule has 2 rings (SSSR count). The van der Waals surface area contributed by atoms with Crippen molar-refractivity contribution in [2.75, 3.05) is 38.8 Å². The molecule has 1 aliphatic heterocycles. The molecule has 7 nitrogen and oxygen atoms in total. The Morgan fingerprint density at radius 3 is 2.48 bits per heavy atom. The molecule has 126 valence electrons. The first-order chi connectivity index (χ1) is 11.1. The van der Waals surface area contributed by atoms with Crippen molar-refractivity contribution in [3.8, 4) is 5.75 Å². The Hall–Kier alpha value is -2.12. The predicted octanol–water partition coefficient (Wildman–Crippen LogP) is 0.932. The summed E-state index contributed by atoms with van der Waals surface area (Å²) in [5.41, 5.74) is 5.90. The summed E-state index contributed by atoms with van der Waals surface area (Å²) >= 11 is 0. The van der Waals surface area contributed by atoms with Crippen LogP contribution >= 0.6 is 0 Å². The average Bonchev–Trinajstić information content (AvgIpc) is 2.61. The number of methoxy groups -OCH3 is 1. The van der Waals surface area contributed by atoms with Crippen LogP contribution in [0.3, 0.4) is 0 Å². The van der Waals surface area contributed by atoms with Gasteiger partial charge in [-0.25, -0.2) is 4.79 Å². The van der Waals surface area contributed by atoms with Gasteiger partial charge in [-0.3, -0.25) is 4.79 Å². The molecule has 0 saturated carbocycles. The van der Waals surface area contributed by atoms with Crippen LogP contribution < -0.4 is 15.8 Å². The van der Waals surface area contributed by atoms with Crippen LogP contribution in [0.2, 0.25) is 0 Å². The van der Waals surface area contributed by atoms with Crippen LogP contribution in [0.25, 0.3) is 0 Å². The summed E-state index contributed by atoms with van der Waals surface area (Å²) in [6.45, 7) is 1.23. The van der Waals surface area contributed by atoms with Crippen LogP contribution in [0.1, 0.15) is 12.8 Å². The number of hydrogen-bond donors (Lipinski definition) is 2. The van der Waals surface area contributed by atoms with E-state index in [-0.39, 0.29) is 12.5 Å². The Balaban J connectivity index is 1.94. The molecule has 7 heteroatoms. The highest BCUT2D eigenvalue weighted by Crippen LogP contribution is 2.31. The average molecular weight is 322 g/mol. The van der Waals surface area contributed by atoms with Gasteiger partial charge in [0.25, 0.3) is 0 Å². The van der Waals surface area contributed by atoms with E-state index in [1.807, 2.05) is 0 Å². The first-order valence-electron chi connectivity index (χ1n) is 7.48. The Morgan fingerprint density at radius 1 is 1.26 bits per heavy atom. The summed E-state index contributed by atoms with van der Waals surface area (Å²) < 4.78 is 15.1. The van der Waals surface area contributed by atoms with E-state index in [1.165, 1.54) is 7.11 Å². The number of nitrogens with two attached hydrogens (primary N) is 1. The van der Waals surface area contributed by atoms with Crippen molar-refractivity contribution in [2.24, 2.45) is 11.1 Å². The summed E-state index contributed by atoms with van der Waals surface area (Å²) in [6, 6.07) is 6.79. The fraction of sp³-hybridized carbons (Fsp3) is 0.500. The van der Waals surface area contributed by atoms with Gasteiger partial charge in [0.05, 0.1) is 12.5 Å². The Morgan fingerprint density at radius 2 is 1.91 bits per heavy atom. The molecule has 0 bridgehead atoms. The molecular formula is C16H22N2O5. The zero-order chi connectivity index (χ0) is 16.7. The van der Waals surface area contributed by atoms with Crippen molar-refractivity contribution in [2.45, 2.75) is 12.8 Å². The summed E-state index contributed by atoms with van der Waals surface area (Å²) in [5.74, 6) is -0.0219. The normalized spacial score (nSPS) is 16.4. The predicted molar refractivity (Wildman–Crippen MR) is 84.1 cm³/mol. The smallest absolute Gasteiger partial charge is 0.343 e. The molecular weight excluding hydrogens is 300 g/mol. The molecule has 1 aliphatic rings. The lowest BCUT2D eigenvalue weighted by molar-refractivity contribution is -0.142. The molecule has 1 aromatic rings. The fourth-order valence-corrected chi connectivity index (χ4v) is 2.39. The summed E-state index contributed by atoms with van der Waals surface area (Å²) in [4.78, 5) is 23.5. The van der Waals surface area contributed by atoms with Crippen molar-refractivity contribution < 1.29 is 23.8 Å². The zero-order valence-corrected chi connectivity index (χ0v) is 13.2. The number of rotatable bonds is 6. The second kappa shape index (κ2) is 7.94. The lowest BCUT2D eigenvalue weighted by atomic mass is 9.79. The van der Waals surface area contributed by atoms with Crippen LogP contribution in [0, 0.1) is 5.41 Å². The van der Waals surface area contributed by atoms with Crippen molar-refractivity contribution in [1.82, 2.24) is 0 Å². The quantitative estimate of drug-likeness (QED) is 0.756. The highest BCUT2D eigenvalue weighted by Gasteiger charge is 2.38. The highest BCUT2D eigenvalue weighted by molar-refractivity contribution is 5.95. The third kappa shape index (κ3) is 4.43. The summed E-state index contributed by atoms with van der Waals surface area (Å²) in [5, 5.41) is 2.88. The van der Waals surface area contributed by atoms with Gasteiger partial charge in [0.1, 0.15) is 5.75 Å². The molecule has 1 heterocycles. The standard InChI is InChI=1S/C16H22N2O5/c1-21-14(19)10-23-13-4-2-12(3-5-13)18-15(20)16(11-17)6-8-22-9-7-16/h2-5H,6-11,17H2,1H3,(H,18,20). The third-order valence-electron chi connectivity index (χ3n) is 4.02. The fourth-order valence-electron chi connectivity index (χ4n) is 2.39. The van der Waals surface area contributed by atoms with Crippen molar-refractivity contribution in [3.05, 3.63) is 24.3 Å². The van der Waals surface area contributed by atoms with Crippen molar-refractivity contribution in [3.63, 3.8) is 0 Å². The van der Waals surface area contributed by atoms with E-state index in [2.05, 4.69) is 10.1 Å². The zero-order valence-electron chi connectivity index (χ0n) is 13.2. The van der Waals surface area contributed by atoms with Gasteiger partial charge in [-0.15, -0.1) is 0 Å². The van der Waals surface area contributed by atoms with E-state index in [4.69, 9.17) is 15.2 Å². The summed E-state index contributed by atoms with van der Waals surface area (Å²) in [7, 11) is 1.30. The molecule has 0 spiro atoms. The van der Waals surface area contributed by atoms with Gasteiger partial charge in [-0.1, -0.05) is 0 Å². The largest absolute Gasteiger partial charge is 0.482 e. The van der Waals surface area contributed by atoms with E-state index in [9.17, 15) is 9.59 Å². The molecule has 23 heavy (non-hydrogen) atoms. The molecule has 3 N–H and O–H groups in total. The van der Waals surface area contributed by atoms with Crippen molar-refractivity contribution >= 4 is 17.6 Å². The number of esters is 1. The number of benzene rings is 1. The maximum Gasteiger partial charge on any atom is 0.343 e. The summed E-state index contributed by atoms with van der Waals surface area (Å²) in [6.07, 6.45) is 1.24. The van der Waals surface area contributed by atoms with Gasteiger partial charge in [-0.05, 0) is 37.1 Å². The topological polar surface area (TPSA) is 99.9 Å². The van der Waals surface area contributed by atoms with Gasteiger partial charge in [-0.2, -0.15) is 0 Å². The number of hydrogen-bond acceptors (Lipinski definition) is 6. The number of ether oxygens (including phenoxy) is 3. The molecule has 1 aromatic carbocycles. The second-order valence-corrected chi connectivity index (χ2v) is 5.44. The number of anilines is 1.